The molecule has 12 nitrogen and oxygen atoms in total. The van der Waals surface area contributed by atoms with Crippen LogP contribution in [0.15, 0.2) is 42.7 Å². The van der Waals surface area contributed by atoms with Crippen LogP contribution in [-0.2, 0) is 10.2 Å². The SMILES string of the molecule is COc1ccc2c(c1)O[C@@H](c1cnc(N3C[C@@H](O)[C@H](O)C3)cn1)C[C@H]2NC(=O)C1(C)COc2cc3c(cc21)OC(F)(F)O3. The molecule has 43 heavy (non-hydrogen) atoms. The number of nitrogens with zero attached hydrogens (tertiary/aromatic N) is 3. The average molecular weight is 599 g/mol. The van der Waals surface area contributed by atoms with Gasteiger partial charge in [-0.15, -0.1) is 8.78 Å². The summed E-state index contributed by atoms with van der Waals surface area (Å²) in [7, 11) is 1.54. The van der Waals surface area contributed by atoms with Crippen molar-refractivity contribution in [2.75, 3.05) is 31.7 Å². The standard InChI is InChI=1S/C29H28F2N4O8/c1-28(13-40-22-8-25-24(6-16(22)28)42-29(30,31)43-25)27(38)34-17-7-23(41-21-5-14(39-2)3-4-15(17)21)18-9-33-26(10-32-18)35-11-19(36)20(37)12-35/h3-6,8-10,17,19-20,23,36-37H,7,11-13H2,1-2H3,(H,34,38)/t17-,19-,20-,23-,28?/m1/s1. The van der Waals surface area contributed by atoms with Crippen molar-refractivity contribution < 1.29 is 47.5 Å². The second kappa shape index (κ2) is 9.81. The number of amides is 1. The Kier molecular flexibility index (Phi) is 6.25. The van der Waals surface area contributed by atoms with E-state index in [0.717, 1.165) is 5.56 Å². The van der Waals surface area contributed by atoms with Crippen molar-refractivity contribution in [3.8, 4) is 28.7 Å². The van der Waals surface area contributed by atoms with Gasteiger partial charge < -0.3 is 44.1 Å². The molecule has 1 unspecified atom stereocenters. The summed E-state index contributed by atoms with van der Waals surface area (Å²) >= 11 is 0. The van der Waals surface area contributed by atoms with E-state index in [2.05, 4.69) is 24.8 Å². The molecule has 2 aromatic carbocycles. The highest BCUT2D eigenvalue weighted by Gasteiger charge is 2.49. The van der Waals surface area contributed by atoms with Gasteiger partial charge in [-0.05, 0) is 25.1 Å². The molecular formula is C29H28F2N4O8. The molecule has 0 radical (unpaired) electrons. The van der Waals surface area contributed by atoms with Gasteiger partial charge in [0.05, 0.1) is 43.4 Å². The summed E-state index contributed by atoms with van der Waals surface area (Å²) in [5.41, 5.74) is 0.440. The molecule has 1 fully saturated rings. The van der Waals surface area contributed by atoms with E-state index < -0.39 is 36.1 Å². The van der Waals surface area contributed by atoms with Crippen LogP contribution < -0.4 is 33.9 Å². The van der Waals surface area contributed by atoms with Gasteiger partial charge in [-0.25, -0.2) is 4.98 Å². The fourth-order valence-corrected chi connectivity index (χ4v) is 5.84. The number of alkyl halides is 2. The second-order valence-corrected chi connectivity index (χ2v) is 11.2. The topological polar surface area (TPSA) is 145 Å². The Morgan fingerprint density at radius 2 is 1.79 bits per heavy atom. The van der Waals surface area contributed by atoms with Crippen LogP contribution in [-0.4, -0.2) is 71.4 Å². The second-order valence-electron chi connectivity index (χ2n) is 11.2. The number of hydrogen-bond acceptors (Lipinski definition) is 11. The fourth-order valence-electron chi connectivity index (χ4n) is 5.84. The molecule has 226 valence electrons. The highest BCUT2D eigenvalue weighted by atomic mass is 19.3. The normalized spacial score (nSPS) is 28.0. The number of aromatic nitrogens is 2. The zero-order valence-electron chi connectivity index (χ0n) is 23.1. The van der Waals surface area contributed by atoms with E-state index in [1.165, 1.54) is 19.2 Å². The van der Waals surface area contributed by atoms with E-state index in [9.17, 15) is 23.8 Å². The molecule has 4 aliphatic heterocycles. The average Bonchev–Trinajstić information content (AvgIpc) is 3.61. The first kappa shape index (κ1) is 27.4. The maximum Gasteiger partial charge on any atom is 0.586 e. The van der Waals surface area contributed by atoms with Gasteiger partial charge in [0.25, 0.3) is 0 Å². The zero-order valence-corrected chi connectivity index (χ0v) is 23.1. The number of aliphatic hydroxyl groups excluding tert-OH is 2. The molecule has 0 spiro atoms. The van der Waals surface area contributed by atoms with Gasteiger partial charge in [-0.2, -0.15) is 0 Å². The van der Waals surface area contributed by atoms with Crippen molar-refractivity contribution in [3.05, 3.63) is 59.5 Å². The molecule has 5 heterocycles. The molecule has 1 amide bonds. The number of fused-ring (bicyclic) bond motifs is 3. The Balaban J connectivity index is 1.15. The summed E-state index contributed by atoms with van der Waals surface area (Å²) in [6, 6.07) is 7.46. The van der Waals surface area contributed by atoms with Gasteiger partial charge in [-0.3, -0.25) is 9.78 Å². The number of aliphatic hydroxyl groups is 2. The van der Waals surface area contributed by atoms with Crippen LogP contribution in [0, 0.1) is 0 Å². The van der Waals surface area contributed by atoms with Gasteiger partial charge >= 0.3 is 6.29 Å². The maximum atomic E-state index is 13.9. The van der Waals surface area contributed by atoms with Gasteiger partial charge in [0.2, 0.25) is 5.91 Å². The van der Waals surface area contributed by atoms with Crippen LogP contribution >= 0.6 is 0 Å². The lowest BCUT2D eigenvalue weighted by Gasteiger charge is -2.34. The molecule has 0 aliphatic carbocycles. The monoisotopic (exact) mass is 598 g/mol. The molecule has 1 saturated heterocycles. The van der Waals surface area contributed by atoms with E-state index in [4.69, 9.17) is 14.2 Å². The quantitative estimate of drug-likeness (QED) is 0.398. The van der Waals surface area contributed by atoms with E-state index in [1.807, 2.05) is 6.07 Å². The zero-order chi connectivity index (χ0) is 30.1. The fraction of sp³-hybridized carbons (Fsp3) is 0.414. The number of carbonyl (C=O) groups is 1. The number of methoxy groups -OCH3 is 1. The van der Waals surface area contributed by atoms with E-state index in [0.29, 0.717) is 35.0 Å². The summed E-state index contributed by atoms with van der Waals surface area (Å²) in [6.07, 6.45) is -2.66. The molecule has 7 rings (SSSR count). The smallest absolute Gasteiger partial charge is 0.497 e. The molecule has 3 N–H and O–H groups in total. The number of β-amino-alcohol motifs (C(OH)–C–C–N with tert-alkyl or cyclic N) is 2. The Morgan fingerprint density at radius 3 is 2.49 bits per heavy atom. The Hall–Kier alpha value is -4.43. The molecule has 4 aliphatic rings. The highest BCUT2D eigenvalue weighted by Crippen LogP contribution is 2.50. The van der Waals surface area contributed by atoms with Crippen molar-refractivity contribution in [2.45, 2.75) is 49.4 Å². The lowest BCUT2D eigenvalue weighted by molar-refractivity contribution is -0.286. The van der Waals surface area contributed by atoms with Crippen LogP contribution in [0.5, 0.6) is 28.7 Å². The van der Waals surface area contributed by atoms with Crippen molar-refractivity contribution in [1.29, 1.82) is 0 Å². The maximum absolute atomic E-state index is 13.9. The van der Waals surface area contributed by atoms with Gasteiger partial charge in [0.15, 0.2) is 11.5 Å². The van der Waals surface area contributed by atoms with Crippen molar-refractivity contribution >= 4 is 11.7 Å². The lowest BCUT2D eigenvalue weighted by Crippen LogP contribution is -2.46. The minimum Gasteiger partial charge on any atom is -0.497 e. The predicted octanol–water partition coefficient (Wildman–Crippen LogP) is 2.38. The molecule has 3 aromatic rings. The molecule has 1 aromatic heterocycles. The first-order valence-electron chi connectivity index (χ1n) is 13.7. The molecule has 5 atom stereocenters. The molecule has 0 saturated carbocycles. The van der Waals surface area contributed by atoms with Crippen LogP contribution in [0.1, 0.15) is 42.3 Å². The summed E-state index contributed by atoms with van der Waals surface area (Å²) < 4.78 is 53.9. The molecule has 0 bridgehead atoms. The van der Waals surface area contributed by atoms with Gasteiger partial charge in [-0.1, -0.05) is 0 Å². The summed E-state index contributed by atoms with van der Waals surface area (Å²) in [5.74, 6) is 1.13. The molecule has 14 heteroatoms. The van der Waals surface area contributed by atoms with Crippen LogP contribution in [0.2, 0.25) is 0 Å². The Morgan fingerprint density at radius 1 is 1.05 bits per heavy atom. The summed E-state index contributed by atoms with van der Waals surface area (Å²) in [6.45, 7) is 2.15. The Bertz CT molecular complexity index is 1580. The number of hydrogen-bond donors (Lipinski definition) is 3. The minimum absolute atomic E-state index is 0.0115. The van der Waals surface area contributed by atoms with Crippen molar-refractivity contribution in [1.82, 2.24) is 15.3 Å². The molecular weight excluding hydrogens is 570 g/mol. The third-order valence-corrected chi connectivity index (χ3v) is 8.31. The number of ether oxygens (including phenoxy) is 5. The first-order valence-corrected chi connectivity index (χ1v) is 13.7. The van der Waals surface area contributed by atoms with Gasteiger partial charge in [0, 0.05) is 42.8 Å². The largest absolute Gasteiger partial charge is 0.586 e. The number of nitrogens with one attached hydrogen (secondary N) is 1. The van der Waals surface area contributed by atoms with Crippen LogP contribution in [0.4, 0.5) is 14.6 Å². The number of anilines is 1. The van der Waals surface area contributed by atoms with Crippen LogP contribution in [0.3, 0.4) is 0 Å². The lowest BCUT2D eigenvalue weighted by atomic mass is 9.82. The first-order chi connectivity index (χ1) is 20.5. The number of halogens is 2. The van der Waals surface area contributed by atoms with Crippen molar-refractivity contribution in [2.24, 2.45) is 0 Å². The minimum atomic E-state index is -3.80. The van der Waals surface area contributed by atoms with Crippen molar-refractivity contribution in [3.63, 3.8) is 0 Å². The van der Waals surface area contributed by atoms with E-state index >= 15 is 0 Å². The number of rotatable bonds is 5. The summed E-state index contributed by atoms with van der Waals surface area (Å²) in [4.78, 5) is 24.7. The van der Waals surface area contributed by atoms with Crippen LogP contribution in [0.25, 0.3) is 0 Å². The van der Waals surface area contributed by atoms with Gasteiger partial charge in [0.1, 0.15) is 41.2 Å². The third-order valence-electron chi connectivity index (χ3n) is 8.31. The predicted molar refractivity (Wildman–Crippen MR) is 144 cm³/mol. The number of benzene rings is 2. The van der Waals surface area contributed by atoms with E-state index in [-0.39, 0.29) is 42.9 Å². The summed E-state index contributed by atoms with van der Waals surface area (Å²) in [5, 5.41) is 22.9. The third kappa shape index (κ3) is 4.70. The Labute approximate surface area is 244 Å². The van der Waals surface area contributed by atoms with E-state index in [1.54, 1.807) is 36.4 Å². The highest BCUT2D eigenvalue weighted by molar-refractivity contribution is 5.90. The number of carbonyl (C=O) groups excluding carboxylic acids is 1.